The van der Waals surface area contributed by atoms with E-state index in [0.29, 0.717) is 6.54 Å². The second-order valence-electron chi connectivity index (χ2n) is 7.24. The average molecular weight is 313 g/mol. The molecule has 0 aromatic heterocycles. The molecule has 0 bridgehead atoms. The first kappa shape index (κ1) is 17.4. The highest BCUT2D eigenvalue weighted by Crippen LogP contribution is 2.32. The molecule has 0 spiro atoms. The van der Waals surface area contributed by atoms with Gasteiger partial charge in [-0.3, -0.25) is 0 Å². The minimum atomic E-state index is -1.31. The molecule has 4 atom stereocenters. The minimum Gasteiger partial charge on any atom is -0.458 e. The molecule has 0 saturated carbocycles. The topological polar surface area (TPSA) is 77.0 Å². The average Bonchev–Trinajstić information content (AvgIpc) is 2.62. The fourth-order valence-electron chi connectivity index (χ4n) is 2.72. The maximum absolute atomic E-state index is 12.2. The maximum Gasteiger partial charge on any atom is 0.337 e. The van der Waals surface area contributed by atoms with E-state index in [1.165, 1.54) is 0 Å². The third-order valence-electron chi connectivity index (χ3n) is 3.52. The van der Waals surface area contributed by atoms with Crippen molar-refractivity contribution >= 4 is 5.97 Å². The smallest absolute Gasteiger partial charge is 0.337 e. The van der Waals surface area contributed by atoms with Gasteiger partial charge >= 0.3 is 5.97 Å². The van der Waals surface area contributed by atoms with E-state index >= 15 is 0 Å². The highest BCUT2D eigenvalue weighted by molar-refractivity contribution is 5.76. The van der Waals surface area contributed by atoms with Crippen LogP contribution in [0.3, 0.4) is 0 Å². The van der Waals surface area contributed by atoms with Gasteiger partial charge in [-0.05, 0) is 47.6 Å². The molecule has 2 aliphatic rings. The first-order chi connectivity index (χ1) is 10.1. The standard InChI is InChI=1S/C16H27NO5/c1-15(2,3)22-14(19)12(18)11-13-10(8-6-7-9-17-11)20-16(4,5)21-13/h6,8,10-13,17-18H,7,9H2,1-5H3/b8-6-/t10-,11-,12+,13+/m0/s1. The van der Waals surface area contributed by atoms with Crippen molar-refractivity contribution in [3.63, 3.8) is 0 Å². The fourth-order valence-corrected chi connectivity index (χ4v) is 2.72. The maximum atomic E-state index is 12.2. The summed E-state index contributed by atoms with van der Waals surface area (Å²) in [4.78, 5) is 12.2. The molecular formula is C16H27NO5. The molecule has 2 aliphatic heterocycles. The summed E-state index contributed by atoms with van der Waals surface area (Å²) < 4.78 is 17.0. The van der Waals surface area contributed by atoms with Crippen LogP contribution in [0.25, 0.3) is 0 Å². The quantitative estimate of drug-likeness (QED) is 0.588. The van der Waals surface area contributed by atoms with Crippen LogP contribution in [-0.4, -0.2) is 53.4 Å². The van der Waals surface area contributed by atoms with Crippen molar-refractivity contribution in [3.8, 4) is 0 Å². The Morgan fingerprint density at radius 3 is 2.73 bits per heavy atom. The van der Waals surface area contributed by atoms with Crippen LogP contribution in [0.2, 0.25) is 0 Å². The van der Waals surface area contributed by atoms with Crippen molar-refractivity contribution < 1.29 is 24.1 Å². The normalized spacial score (nSPS) is 34.2. The molecular weight excluding hydrogens is 286 g/mol. The zero-order valence-electron chi connectivity index (χ0n) is 14.0. The monoisotopic (exact) mass is 313 g/mol. The second kappa shape index (κ2) is 6.28. The van der Waals surface area contributed by atoms with E-state index < -0.39 is 35.6 Å². The van der Waals surface area contributed by atoms with E-state index in [4.69, 9.17) is 14.2 Å². The molecule has 0 amide bonds. The summed E-state index contributed by atoms with van der Waals surface area (Å²) in [7, 11) is 0. The Bertz CT molecular complexity index is 440. The van der Waals surface area contributed by atoms with Gasteiger partial charge in [0.15, 0.2) is 11.9 Å². The predicted octanol–water partition coefficient (Wildman–Crippen LogP) is 1.13. The lowest BCUT2D eigenvalue weighted by atomic mass is 9.97. The first-order valence-corrected chi connectivity index (χ1v) is 7.76. The van der Waals surface area contributed by atoms with Crippen molar-refractivity contribution in [1.82, 2.24) is 5.32 Å². The summed E-state index contributed by atoms with van der Waals surface area (Å²) >= 11 is 0. The molecule has 0 unspecified atom stereocenters. The number of carbonyl (C=O) groups excluding carboxylic acids is 1. The van der Waals surface area contributed by atoms with Crippen LogP contribution >= 0.6 is 0 Å². The predicted molar refractivity (Wildman–Crippen MR) is 81.2 cm³/mol. The van der Waals surface area contributed by atoms with Gasteiger partial charge in [-0.15, -0.1) is 0 Å². The number of carbonyl (C=O) groups is 1. The highest BCUT2D eigenvalue weighted by atomic mass is 16.8. The van der Waals surface area contributed by atoms with Crippen LogP contribution in [-0.2, 0) is 19.0 Å². The number of hydrogen-bond acceptors (Lipinski definition) is 6. The number of rotatable bonds is 2. The fraction of sp³-hybridized carbons (Fsp3) is 0.812. The van der Waals surface area contributed by atoms with Crippen molar-refractivity contribution in [1.29, 1.82) is 0 Å². The Morgan fingerprint density at radius 1 is 1.41 bits per heavy atom. The molecule has 6 heteroatoms. The van der Waals surface area contributed by atoms with Gasteiger partial charge in [-0.25, -0.2) is 4.79 Å². The third kappa shape index (κ3) is 4.29. The summed E-state index contributed by atoms with van der Waals surface area (Å²) in [5.74, 6) is -1.40. The lowest BCUT2D eigenvalue weighted by Crippen LogP contribution is -2.56. The van der Waals surface area contributed by atoms with Crippen LogP contribution in [0.1, 0.15) is 41.0 Å². The van der Waals surface area contributed by atoms with E-state index in [2.05, 4.69) is 5.32 Å². The van der Waals surface area contributed by atoms with E-state index in [-0.39, 0.29) is 6.10 Å². The molecule has 0 aromatic rings. The van der Waals surface area contributed by atoms with Crippen molar-refractivity contribution in [2.24, 2.45) is 0 Å². The van der Waals surface area contributed by atoms with E-state index in [9.17, 15) is 9.90 Å². The Hall–Kier alpha value is -0.950. The zero-order valence-corrected chi connectivity index (χ0v) is 14.0. The summed E-state index contributed by atoms with van der Waals surface area (Å²) in [6.07, 6.45) is 2.69. The molecule has 0 radical (unpaired) electrons. The van der Waals surface area contributed by atoms with Gasteiger partial charge in [0.2, 0.25) is 0 Å². The summed E-state index contributed by atoms with van der Waals surface area (Å²) in [6.45, 7) is 9.60. The lowest BCUT2D eigenvalue weighted by Gasteiger charge is -2.32. The third-order valence-corrected chi connectivity index (χ3v) is 3.52. The molecule has 2 rings (SSSR count). The van der Waals surface area contributed by atoms with Crippen LogP contribution in [0.4, 0.5) is 0 Å². The Morgan fingerprint density at radius 2 is 2.09 bits per heavy atom. The van der Waals surface area contributed by atoms with Gasteiger partial charge < -0.3 is 24.6 Å². The molecule has 0 aliphatic carbocycles. The zero-order chi connectivity index (χ0) is 16.5. The van der Waals surface area contributed by atoms with E-state index in [1.807, 2.05) is 26.0 Å². The van der Waals surface area contributed by atoms with Crippen molar-refractivity contribution in [2.75, 3.05) is 6.54 Å². The number of aliphatic hydroxyl groups excluding tert-OH is 1. The van der Waals surface area contributed by atoms with Crippen molar-refractivity contribution in [2.45, 2.75) is 76.8 Å². The van der Waals surface area contributed by atoms with Crippen LogP contribution in [0.15, 0.2) is 12.2 Å². The summed E-state index contributed by atoms with van der Waals surface area (Å²) in [5.41, 5.74) is -0.648. The molecule has 6 nitrogen and oxygen atoms in total. The molecule has 1 fully saturated rings. The second-order valence-corrected chi connectivity index (χ2v) is 7.24. The lowest BCUT2D eigenvalue weighted by molar-refractivity contribution is -0.173. The van der Waals surface area contributed by atoms with E-state index in [1.54, 1.807) is 20.8 Å². The highest BCUT2D eigenvalue weighted by Gasteiger charge is 2.48. The van der Waals surface area contributed by atoms with Gasteiger partial charge in [0.1, 0.15) is 17.8 Å². The van der Waals surface area contributed by atoms with Gasteiger partial charge in [-0.1, -0.05) is 12.2 Å². The number of hydrogen-bond donors (Lipinski definition) is 2. The number of nitrogens with one attached hydrogen (secondary N) is 1. The number of esters is 1. The van der Waals surface area contributed by atoms with Crippen LogP contribution in [0, 0.1) is 0 Å². The Labute approximate surface area is 131 Å². The first-order valence-electron chi connectivity index (χ1n) is 7.76. The molecule has 22 heavy (non-hydrogen) atoms. The van der Waals surface area contributed by atoms with Crippen LogP contribution in [0.5, 0.6) is 0 Å². The summed E-state index contributed by atoms with van der Waals surface area (Å²) in [6, 6.07) is -0.577. The number of fused-ring (bicyclic) bond motifs is 1. The summed E-state index contributed by atoms with van der Waals surface area (Å²) in [5, 5.41) is 13.6. The molecule has 2 heterocycles. The Balaban J connectivity index is 2.16. The van der Waals surface area contributed by atoms with Crippen molar-refractivity contribution in [3.05, 3.63) is 12.2 Å². The molecule has 1 saturated heterocycles. The largest absolute Gasteiger partial charge is 0.458 e. The van der Waals surface area contributed by atoms with Crippen LogP contribution < -0.4 is 5.32 Å². The SMILES string of the molecule is CC(C)(C)OC(=O)[C@H](O)[C@@H]1NCC/C=C\[C@@H]2OC(C)(C)O[C@@H]12. The molecule has 126 valence electrons. The van der Waals surface area contributed by atoms with Gasteiger partial charge in [-0.2, -0.15) is 0 Å². The van der Waals surface area contributed by atoms with Gasteiger partial charge in [0, 0.05) is 0 Å². The number of aliphatic hydroxyl groups is 1. The minimum absolute atomic E-state index is 0.301. The number of ether oxygens (including phenoxy) is 3. The molecule has 0 aromatic carbocycles. The molecule has 2 N–H and O–H groups in total. The van der Waals surface area contributed by atoms with Gasteiger partial charge in [0.05, 0.1) is 6.04 Å². The Kier molecular flexibility index (Phi) is 4.96. The van der Waals surface area contributed by atoms with Gasteiger partial charge in [0.25, 0.3) is 0 Å². The van der Waals surface area contributed by atoms with E-state index in [0.717, 1.165) is 6.42 Å².